The molecule has 0 saturated heterocycles. The van der Waals surface area contributed by atoms with Gasteiger partial charge in [-0.3, -0.25) is 0 Å². The summed E-state index contributed by atoms with van der Waals surface area (Å²) in [6.07, 6.45) is 0.849. The van der Waals surface area contributed by atoms with Crippen molar-refractivity contribution in [2.24, 2.45) is 0 Å². The van der Waals surface area contributed by atoms with Crippen molar-refractivity contribution in [3.05, 3.63) is 47.5 Å². The lowest BCUT2D eigenvalue weighted by Gasteiger charge is -2.11. The number of benzene rings is 2. The maximum Gasteiger partial charge on any atom is 0.340 e. The van der Waals surface area contributed by atoms with Crippen LogP contribution in [-0.4, -0.2) is 28.2 Å². The van der Waals surface area contributed by atoms with Gasteiger partial charge in [0.1, 0.15) is 21.3 Å². The van der Waals surface area contributed by atoms with Gasteiger partial charge in [-0.1, -0.05) is 23.7 Å². The van der Waals surface area contributed by atoms with E-state index in [9.17, 15) is 21.9 Å². The zero-order valence-corrected chi connectivity index (χ0v) is 13.6. The number of halogens is 1. The summed E-state index contributed by atoms with van der Waals surface area (Å²) in [7, 11) is -8.33. The van der Waals surface area contributed by atoms with Gasteiger partial charge in [0.15, 0.2) is 9.84 Å². The molecule has 0 unspecified atom stereocenters. The quantitative estimate of drug-likeness (QED) is 0.837. The molecular formula is C13H11ClO6S2. The molecule has 0 aliphatic rings. The number of hydrogen-bond acceptors (Lipinski definition) is 6. The number of hydrogen-bond donors (Lipinski definition) is 1. The summed E-state index contributed by atoms with van der Waals surface area (Å²) >= 11 is 5.81. The first-order valence-electron chi connectivity index (χ1n) is 5.83. The average Bonchev–Trinajstić information content (AvgIpc) is 2.36. The van der Waals surface area contributed by atoms with Crippen LogP contribution in [0.3, 0.4) is 0 Å². The fourth-order valence-electron chi connectivity index (χ4n) is 1.75. The lowest BCUT2D eigenvalue weighted by molar-refractivity contribution is 0.462. The van der Waals surface area contributed by atoms with E-state index in [0.717, 1.165) is 18.4 Å². The van der Waals surface area contributed by atoms with Crippen molar-refractivity contribution < 1.29 is 26.1 Å². The van der Waals surface area contributed by atoms with E-state index in [1.54, 1.807) is 0 Å². The second kappa shape index (κ2) is 5.79. The van der Waals surface area contributed by atoms with Crippen LogP contribution >= 0.6 is 11.6 Å². The summed E-state index contributed by atoms with van der Waals surface area (Å²) in [4.78, 5) is -1.09. The minimum absolute atomic E-state index is 0.153. The summed E-state index contributed by atoms with van der Waals surface area (Å²) < 4.78 is 53.0. The number of aromatic hydroxyl groups is 1. The van der Waals surface area contributed by atoms with Crippen molar-refractivity contribution in [3.8, 4) is 11.5 Å². The second-order valence-corrected chi connectivity index (χ2v) is 8.25. The molecule has 1 N–H and O–H groups in total. The highest BCUT2D eigenvalue weighted by atomic mass is 35.5. The van der Waals surface area contributed by atoms with Gasteiger partial charge in [-0.25, -0.2) is 8.42 Å². The Morgan fingerprint density at radius 3 is 2.27 bits per heavy atom. The molecule has 0 radical (unpaired) electrons. The highest BCUT2D eigenvalue weighted by Gasteiger charge is 2.28. The summed E-state index contributed by atoms with van der Waals surface area (Å²) in [5.74, 6) is -0.346. The van der Waals surface area contributed by atoms with Gasteiger partial charge in [-0.15, -0.1) is 0 Å². The van der Waals surface area contributed by atoms with Crippen molar-refractivity contribution in [2.45, 2.75) is 9.79 Å². The molecule has 0 saturated carbocycles. The molecule has 0 bridgehead atoms. The van der Waals surface area contributed by atoms with E-state index in [0.29, 0.717) is 0 Å². The van der Waals surface area contributed by atoms with E-state index in [4.69, 9.17) is 15.8 Å². The Kier molecular flexibility index (Phi) is 4.37. The first-order valence-corrected chi connectivity index (χ1v) is 9.51. The van der Waals surface area contributed by atoms with Crippen molar-refractivity contribution in [1.29, 1.82) is 0 Å². The molecular weight excluding hydrogens is 352 g/mol. The largest absolute Gasteiger partial charge is 0.508 e. The van der Waals surface area contributed by atoms with Crippen LogP contribution in [0.4, 0.5) is 0 Å². The van der Waals surface area contributed by atoms with Crippen LogP contribution in [0.5, 0.6) is 11.5 Å². The van der Waals surface area contributed by atoms with Crippen molar-refractivity contribution in [1.82, 2.24) is 0 Å². The standard InChI is InChI=1S/C13H11ClO6S2/c1-21(16,17)13-11(14)6-3-7-12(13)22(18,19)20-10-5-2-4-9(15)8-10/h2-8,15H,1H3. The highest BCUT2D eigenvalue weighted by molar-refractivity contribution is 7.92. The third kappa shape index (κ3) is 3.52. The molecule has 22 heavy (non-hydrogen) atoms. The monoisotopic (exact) mass is 362 g/mol. The van der Waals surface area contributed by atoms with Gasteiger partial charge in [0.05, 0.1) is 5.02 Å². The van der Waals surface area contributed by atoms with Crippen LogP contribution in [0.2, 0.25) is 5.02 Å². The number of rotatable bonds is 4. The number of phenols is 1. The molecule has 0 atom stereocenters. The minimum atomic E-state index is -4.44. The topological polar surface area (TPSA) is 97.7 Å². The van der Waals surface area contributed by atoms with Gasteiger partial charge in [-0.05, 0) is 24.3 Å². The summed E-state index contributed by atoms with van der Waals surface area (Å²) in [5.41, 5.74) is 0. The molecule has 2 rings (SSSR count). The third-order valence-corrected chi connectivity index (χ3v) is 5.62. The van der Waals surface area contributed by atoms with Gasteiger partial charge in [-0.2, -0.15) is 8.42 Å². The Balaban J connectivity index is 2.58. The maximum absolute atomic E-state index is 12.3. The zero-order valence-electron chi connectivity index (χ0n) is 11.2. The first kappa shape index (κ1) is 16.6. The number of sulfone groups is 1. The molecule has 2 aromatic carbocycles. The van der Waals surface area contributed by atoms with Crippen LogP contribution in [-0.2, 0) is 20.0 Å². The van der Waals surface area contributed by atoms with Gasteiger partial charge in [0, 0.05) is 12.3 Å². The van der Waals surface area contributed by atoms with E-state index in [-0.39, 0.29) is 16.5 Å². The minimum Gasteiger partial charge on any atom is -0.508 e. The fraction of sp³-hybridized carbons (Fsp3) is 0.0769. The summed E-state index contributed by atoms with van der Waals surface area (Å²) in [6.45, 7) is 0. The predicted molar refractivity (Wildman–Crippen MR) is 80.5 cm³/mol. The van der Waals surface area contributed by atoms with Crippen LogP contribution < -0.4 is 4.18 Å². The molecule has 0 amide bonds. The number of phenolic OH excluding ortho intramolecular Hbond substituents is 1. The van der Waals surface area contributed by atoms with Crippen molar-refractivity contribution in [3.63, 3.8) is 0 Å². The van der Waals surface area contributed by atoms with Gasteiger partial charge in [0.2, 0.25) is 0 Å². The Hall–Kier alpha value is -1.77. The smallest absolute Gasteiger partial charge is 0.340 e. The molecule has 0 aromatic heterocycles. The van der Waals surface area contributed by atoms with Gasteiger partial charge in [0.25, 0.3) is 0 Å². The Morgan fingerprint density at radius 2 is 1.68 bits per heavy atom. The molecule has 0 fully saturated rings. The Morgan fingerprint density at radius 1 is 1.05 bits per heavy atom. The molecule has 118 valence electrons. The Labute approximate surface area is 133 Å². The van der Waals surface area contributed by atoms with Crippen LogP contribution in [0.25, 0.3) is 0 Å². The van der Waals surface area contributed by atoms with Crippen LogP contribution in [0.1, 0.15) is 0 Å². The maximum atomic E-state index is 12.3. The SMILES string of the molecule is CS(=O)(=O)c1c(Cl)cccc1S(=O)(=O)Oc1cccc(O)c1. The summed E-state index contributed by atoms with van der Waals surface area (Å²) in [5, 5.41) is 9.10. The van der Waals surface area contributed by atoms with E-state index in [2.05, 4.69) is 0 Å². The predicted octanol–water partition coefficient (Wildman–Crippen LogP) is 2.22. The highest BCUT2D eigenvalue weighted by Crippen LogP contribution is 2.31. The van der Waals surface area contributed by atoms with Crippen molar-refractivity contribution >= 4 is 31.6 Å². The second-order valence-electron chi connectivity index (χ2n) is 4.37. The molecule has 9 heteroatoms. The van der Waals surface area contributed by atoms with Gasteiger partial charge < -0.3 is 9.29 Å². The normalized spacial score (nSPS) is 12.1. The van der Waals surface area contributed by atoms with E-state index in [1.165, 1.54) is 30.3 Å². The van der Waals surface area contributed by atoms with Crippen LogP contribution in [0.15, 0.2) is 52.3 Å². The molecule has 2 aromatic rings. The lowest BCUT2D eigenvalue weighted by atomic mass is 10.3. The zero-order chi connectivity index (χ0) is 16.5. The van der Waals surface area contributed by atoms with Crippen molar-refractivity contribution in [2.75, 3.05) is 6.26 Å². The molecule has 0 heterocycles. The van der Waals surface area contributed by atoms with E-state index < -0.39 is 29.7 Å². The first-order chi connectivity index (χ1) is 10.1. The molecule has 6 nitrogen and oxygen atoms in total. The van der Waals surface area contributed by atoms with Gasteiger partial charge >= 0.3 is 10.1 Å². The Bertz CT molecular complexity index is 919. The molecule has 0 spiro atoms. The third-order valence-electron chi connectivity index (χ3n) is 2.59. The van der Waals surface area contributed by atoms with Crippen LogP contribution in [0, 0.1) is 0 Å². The lowest BCUT2D eigenvalue weighted by Crippen LogP contribution is -2.14. The van der Waals surface area contributed by atoms with E-state index >= 15 is 0 Å². The summed E-state index contributed by atoms with van der Waals surface area (Å²) in [6, 6.07) is 8.77. The van der Waals surface area contributed by atoms with E-state index in [1.807, 2.05) is 0 Å². The molecule has 0 aliphatic heterocycles. The average molecular weight is 363 g/mol. The fourth-order valence-corrected chi connectivity index (χ4v) is 5.05. The molecule has 0 aliphatic carbocycles.